The fourth-order valence-electron chi connectivity index (χ4n) is 3.74. The van der Waals surface area contributed by atoms with Crippen molar-refractivity contribution in [2.45, 2.75) is 13.1 Å². The summed E-state index contributed by atoms with van der Waals surface area (Å²) in [6, 6.07) is 13.6. The van der Waals surface area contributed by atoms with Crippen LogP contribution in [0.2, 0.25) is 0 Å². The fraction of sp³-hybridized carbons (Fsp3) is 0.217. The molecule has 0 radical (unpaired) electrons. The molecule has 0 atom stereocenters. The van der Waals surface area contributed by atoms with Gasteiger partial charge in [0, 0.05) is 49.7 Å². The van der Waals surface area contributed by atoms with Crippen LogP contribution in [-0.4, -0.2) is 28.8 Å². The topological polar surface area (TPSA) is 65.3 Å². The lowest BCUT2D eigenvalue weighted by Crippen LogP contribution is -2.28. The molecule has 0 saturated heterocycles. The Kier molecular flexibility index (Phi) is 5.37. The van der Waals surface area contributed by atoms with Gasteiger partial charge in [0.15, 0.2) is 0 Å². The SMILES string of the molecule is COCCn1cc(C(=O)NCc2ccc(F)cc2)c2c3ccccc3n(C)c2c1=O. The second-order valence-corrected chi connectivity index (χ2v) is 7.14. The van der Waals surface area contributed by atoms with Gasteiger partial charge in [0.2, 0.25) is 0 Å². The fourth-order valence-corrected chi connectivity index (χ4v) is 3.74. The van der Waals surface area contributed by atoms with E-state index in [9.17, 15) is 14.0 Å². The van der Waals surface area contributed by atoms with E-state index in [1.807, 2.05) is 35.9 Å². The smallest absolute Gasteiger partial charge is 0.275 e. The molecule has 0 aliphatic heterocycles. The molecule has 7 heteroatoms. The molecule has 2 heterocycles. The summed E-state index contributed by atoms with van der Waals surface area (Å²) in [4.78, 5) is 26.3. The number of halogens is 1. The zero-order valence-electron chi connectivity index (χ0n) is 16.8. The van der Waals surface area contributed by atoms with Crippen LogP contribution in [0.3, 0.4) is 0 Å². The van der Waals surface area contributed by atoms with E-state index < -0.39 is 0 Å². The van der Waals surface area contributed by atoms with Gasteiger partial charge >= 0.3 is 0 Å². The minimum Gasteiger partial charge on any atom is -0.383 e. The number of methoxy groups -OCH3 is 1. The second-order valence-electron chi connectivity index (χ2n) is 7.14. The first-order valence-corrected chi connectivity index (χ1v) is 9.63. The Morgan fingerprint density at radius 3 is 2.60 bits per heavy atom. The third-order valence-corrected chi connectivity index (χ3v) is 5.27. The number of hydrogen-bond donors (Lipinski definition) is 1. The highest BCUT2D eigenvalue weighted by atomic mass is 19.1. The van der Waals surface area contributed by atoms with E-state index >= 15 is 0 Å². The van der Waals surface area contributed by atoms with E-state index in [1.54, 1.807) is 25.4 Å². The highest BCUT2D eigenvalue weighted by molar-refractivity contribution is 6.17. The second kappa shape index (κ2) is 8.12. The summed E-state index contributed by atoms with van der Waals surface area (Å²) in [6.45, 7) is 0.944. The molecule has 1 amide bonds. The molecule has 0 bridgehead atoms. The maximum absolute atomic E-state index is 13.1. The lowest BCUT2D eigenvalue weighted by atomic mass is 10.1. The third kappa shape index (κ3) is 3.48. The third-order valence-electron chi connectivity index (χ3n) is 5.27. The lowest BCUT2D eigenvalue weighted by Gasteiger charge is -2.12. The van der Waals surface area contributed by atoms with Gasteiger partial charge in [-0.2, -0.15) is 0 Å². The van der Waals surface area contributed by atoms with Gasteiger partial charge in [-0.15, -0.1) is 0 Å². The van der Waals surface area contributed by atoms with Gasteiger partial charge in [-0.3, -0.25) is 9.59 Å². The number of aryl methyl sites for hydroxylation is 1. The van der Waals surface area contributed by atoms with Gasteiger partial charge in [-0.25, -0.2) is 4.39 Å². The number of ether oxygens (including phenoxy) is 1. The van der Waals surface area contributed by atoms with Crippen LogP contribution < -0.4 is 10.9 Å². The van der Waals surface area contributed by atoms with Crippen LogP contribution in [0.1, 0.15) is 15.9 Å². The quantitative estimate of drug-likeness (QED) is 0.534. The number of para-hydroxylation sites is 1. The maximum atomic E-state index is 13.1. The van der Waals surface area contributed by atoms with Gasteiger partial charge < -0.3 is 19.2 Å². The number of hydrogen-bond acceptors (Lipinski definition) is 3. The monoisotopic (exact) mass is 407 g/mol. The Labute approximate surface area is 172 Å². The van der Waals surface area contributed by atoms with Crippen LogP contribution in [0.25, 0.3) is 21.8 Å². The van der Waals surface area contributed by atoms with Crippen molar-refractivity contribution in [2.75, 3.05) is 13.7 Å². The molecule has 0 unspecified atom stereocenters. The van der Waals surface area contributed by atoms with Crippen molar-refractivity contribution in [3.05, 3.63) is 82.0 Å². The van der Waals surface area contributed by atoms with Crippen molar-refractivity contribution in [1.82, 2.24) is 14.5 Å². The molecule has 1 N–H and O–H groups in total. The van der Waals surface area contributed by atoms with Gasteiger partial charge in [-0.1, -0.05) is 30.3 Å². The minimum absolute atomic E-state index is 0.171. The molecule has 6 nitrogen and oxygen atoms in total. The van der Waals surface area contributed by atoms with Crippen molar-refractivity contribution in [3.8, 4) is 0 Å². The van der Waals surface area contributed by atoms with Crippen LogP contribution in [0.4, 0.5) is 4.39 Å². The summed E-state index contributed by atoms with van der Waals surface area (Å²) in [5, 5.41) is 4.36. The standard InChI is InChI=1S/C23H22FN3O3/c1-26-19-6-4-3-5-17(19)20-18(14-27(11-12-30-2)23(29)21(20)26)22(28)25-13-15-7-9-16(24)10-8-15/h3-10,14H,11-13H2,1-2H3,(H,25,28). The highest BCUT2D eigenvalue weighted by Gasteiger charge is 2.21. The van der Waals surface area contributed by atoms with E-state index in [1.165, 1.54) is 16.7 Å². The summed E-state index contributed by atoms with van der Waals surface area (Å²) in [7, 11) is 3.39. The van der Waals surface area contributed by atoms with Gasteiger partial charge in [0.25, 0.3) is 11.5 Å². The van der Waals surface area contributed by atoms with Crippen LogP contribution in [-0.2, 0) is 24.9 Å². The molecule has 2 aromatic heterocycles. The van der Waals surface area contributed by atoms with Crippen molar-refractivity contribution in [2.24, 2.45) is 7.05 Å². The van der Waals surface area contributed by atoms with E-state index in [4.69, 9.17) is 4.74 Å². The Morgan fingerprint density at radius 1 is 1.13 bits per heavy atom. The van der Waals surface area contributed by atoms with Gasteiger partial charge in [-0.05, 0) is 23.8 Å². The van der Waals surface area contributed by atoms with Gasteiger partial charge in [0.1, 0.15) is 11.3 Å². The van der Waals surface area contributed by atoms with Crippen molar-refractivity contribution < 1.29 is 13.9 Å². The number of nitrogens with zero attached hydrogens (tertiary/aromatic N) is 2. The maximum Gasteiger partial charge on any atom is 0.275 e. The molecule has 2 aromatic carbocycles. The molecule has 0 aliphatic carbocycles. The van der Waals surface area contributed by atoms with Gasteiger partial charge in [0.05, 0.1) is 12.2 Å². The molecule has 0 fully saturated rings. The van der Waals surface area contributed by atoms with Crippen LogP contribution in [0.5, 0.6) is 0 Å². The predicted molar refractivity (Wildman–Crippen MR) is 114 cm³/mol. The van der Waals surface area contributed by atoms with Crippen molar-refractivity contribution in [3.63, 3.8) is 0 Å². The number of rotatable bonds is 6. The lowest BCUT2D eigenvalue weighted by molar-refractivity contribution is 0.0951. The molecule has 30 heavy (non-hydrogen) atoms. The Hall–Kier alpha value is -3.45. The number of amides is 1. The first kappa shape index (κ1) is 19.8. The zero-order valence-corrected chi connectivity index (χ0v) is 16.8. The largest absolute Gasteiger partial charge is 0.383 e. The molecule has 4 rings (SSSR count). The van der Waals surface area contributed by atoms with Crippen LogP contribution in [0.15, 0.2) is 59.5 Å². The van der Waals surface area contributed by atoms with Crippen LogP contribution >= 0.6 is 0 Å². The summed E-state index contributed by atoms with van der Waals surface area (Å²) >= 11 is 0. The summed E-state index contributed by atoms with van der Waals surface area (Å²) in [6.07, 6.45) is 1.59. The number of aromatic nitrogens is 2. The zero-order chi connectivity index (χ0) is 21.3. The molecular weight excluding hydrogens is 385 g/mol. The molecule has 0 saturated carbocycles. The summed E-state index contributed by atoms with van der Waals surface area (Å²) in [5.74, 6) is -0.625. The van der Waals surface area contributed by atoms with E-state index in [0.717, 1.165) is 16.5 Å². The molecule has 0 aliphatic rings. The minimum atomic E-state index is -0.326. The highest BCUT2D eigenvalue weighted by Crippen LogP contribution is 2.28. The Morgan fingerprint density at radius 2 is 1.87 bits per heavy atom. The number of benzene rings is 2. The summed E-state index contributed by atoms with van der Waals surface area (Å²) in [5.41, 5.74) is 2.38. The normalized spacial score (nSPS) is 11.3. The van der Waals surface area contributed by atoms with Crippen LogP contribution in [0, 0.1) is 5.82 Å². The molecule has 4 aromatic rings. The Balaban J connectivity index is 1.83. The number of fused-ring (bicyclic) bond motifs is 3. The number of carbonyl (C=O) groups is 1. The van der Waals surface area contributed by atoms with Crippen molar-refractivity contribution in [1.29, 1.82) is 0 Å². The van der Waals surface area contributed by atoms with E-state index in [-0.39, 0.29) is 23.8 Å². The average Bonchev–Trinajstić information content (AvgIpc) is 3.06. The first-order valence-electron chi connectivity index (χ1n) is 9.63. The van der Waals surface area contributed by atoms with E-state index in [0.29, 0.717) is 29.6 Å². The van der Waals surface area contributed by atoms with Crippen molar-refractivity contribution >= 4 is 27.7 Å². The average molecular weight is 407 g/mol. The number of carbonyl (C=O) groups excluding carboxylic acids is 1. The molecule has 0 spiro atoms. The van der Waals surface area contributed by atoms with E-state index in [2.05, 4.69) is 5.32 Å². The summed E-state index contributed by atoms with van der Waals surface area (Å²) < 4.78 is 21.6. The molecular formula is C23H22FN3O3. The number of pyridine rings is 1. The molecule has 154 valence electrons. The number of nitrogens with one attached hydrogen (secondary N) is 1. The first-order chi connectivity index (χ1) is 14.5. The predicted octanol–water partition coefficient (Wildman–Crippen LogP) is 3.21. The Bertz CT molecular complexity index is 1290.